The molecule has 0 aliphatic heterocycles. The molecule has 0 heterocycles. The van der Waals surface area contributed by atoms with Gasteiger partial charge in [-0.1, -0.05) is 20.8 Å². The molecule has 0 aliphatic carbocycles. The summed E-state index contributed by atoms with van der Waals surface area (Å²) in [5.41, 5.74) is 0. The van der Waals surface area contributed by atoms with Crippen molar-refractivity contribution in [2.75, 3.05) is 17.3 Å². The Hall–Kier alpha value is 1.36. The van der Waals surface area contributed by atoms with Gasteiger partial charge in [0, 0.05) is 53.4 Å². The standard InChI is InChI=1S/C6H15O3PS3/c1-4-11-7-10(8-12-5-2)9-13-6-3/h4-6H2,1-3H3. The Morgan fingerprint density at radius 2 is 1.08 bits per heavy atom. The lowest BCUT2D eigenvalue weighted by Gasteiger charge is -2.11. The van der Waals surface area contributed by atoms with Crippen molar-refractivity contribution in [1.29, 1.82) is 0 Å². The van der Waals surface area contributed by atoms with Gasteiger partial charge in [-0.15, -0.1) is 0 Å². The van der Waals surface area contributed by atoms with E-state index in [0.717, 1.165) is 17.3 Å². The van der Waals surface area contributed by atoms with E-state index in [0.29, 0.717) is 0 Å². The highest BCUT2D eigenvalue weighted by molar-refractivity contribution is 8.03. The maximum atomic E-state index is 5.29. The zero-order valence-corrected chi connectivity index (χ0v) is 11.4. The molecule has 13 heavy (non-hydrogen) atoms. The number of hydrogen-bond donors (Lipinski definition) is 0. The first-order valence-corrected chi connectivity index (χ1v) is 7.86. The lowest BCUT2D eigenvalue weighted by atomic mass is 11.0. The van der Waals surface area contributed by atoms with Crippen LogP contribution in [0.25, 0.3) is 0 Å². The Kier molecular flexibility index (Phi) is 12.6. The lowest BCUT2D eigenvalue weighted by molar-refractivity contribution is 0.469. The predicted molar refractivity (Wildman–Crippen MR) is 64.6 cm³/mol. The molecule has 0 bridgehead atoms. The van der Waals surface area contributed by atoms with Crippen LogP contribution in [-0.4, -0.2) is 17.3 Å². The minimum atomic E-state index is -1.19. The average molecular weight is 262 g/mol. The Morgan fingerprint density at radius 1 is 0.769 bits per heavy atom. The van der Waals surface area contributed by atoms with Gasteiger partial charge in [0.05, 0.1) is 0 Å². The molecule has 0 atom stereocenters. The summed E-state index contributed by atoms with van der Waals surface area (Å²) >= 11 is 4.11. The SMILES string of the molecule is CCSOP(OSCC)OSCC. The summed E-state index contributed by atoms with van der Waals surface area (Å²) in [4.78, 5) is 0. The maximum absolute atomic E-state index is 5.29. The smallest absolute Gasteiger partial charge is 0.239 e. The molecule has 0 aliphatic rings. The molecule has 0 saturated carbocycles. The van der Waals surface area contributed by atoms with Crippen molar-refractivity contribution in [3.05, 3.63) is 0 Å². The molecule has 7 heteroatoms. The third-order valence-electron chi connectivity index (χ3n) is 0.694. The van der Waals surface area contributed by atoms with E-state index in [1.807, 2.05) is 20.8 Å². The van der Waals surface area contributed by atoms with Crippen molar-refractivity contribution < 1.29 is 11.9 Å². The Morgan fingerprint density at radius 3 is 1.31 bits per heavy atom. The highest BCUT2D eigenvalue weighted by Gasteiger charge is 2.13. The van der Waals surface area contributed by atoms with E-state index < -0.39 is 8.60 Å². The fourth-order valence-corrected chi connectivity index (χ4v) is 3.59. The van der Waals surface area contributed by atoms with Crippen molar-refractivity contribution in [2.24, 2.45) is 0 Å². The van der Waals surface area contributed by atoms with Crippen LogP contribution in [0.3, 0.4) is 0 Å². The van der Waals surface area contributed by atoms with Crippen LogP contribution in [-0.2, 0) is 11.9 Å². The lowest BCUT2D eigenvalue weighted by Crippen LogP contribution is -1.82. The summed E-state index contributed by atoms with van der Waals surface area (Å²) in [7, 11) is -1.19. The van der Waals surface area contributed by atoms with Crippen molar-refractivity contribution in [1.82, 2.24) is 0 Å². The first-order chi connectivity index (χ1) is 6.35. The molecule has 0 aromatic carbocycles. The molecular formula is C6H15O3PS3. The molecule has 0 fully saturated rings. The molecule has 0 unspecified atom stereocenters. The number of rotatable bonds is 9. The summed E-state index contributed by atoms with van der Waals surface area (Å²) in [6.07, 6.45) is 0. The molecule has 0 amide bonds. The van der Waals surface area contributed by atoms with E-state index in [1.165, 1.54) is 36.1 Å². The highest BCUT2D eigenvalue weighted by atomic mass is 32.2. The van der Waals surface area contributed by atoms with Crippen LogP contribution < -0.4 is 0 Å². The van der Waals surface area contributed by atoms with E-state index in [1.54, 1.807) is 0 Å². The van der Waals surface area contributed by atoms with Gasteiger partial charge in [0.1, 0.15) is 0 Å². The minimum absolute atomic E-state index is 0.902. The normalized spacial score (nSPS) is 11.1. The van der Waals surface area contributed by atoms with Gasteiger partial charge in [-0.3, -0.25) is 0 Å². The van der Waals surface area contributed by atoms with E-state index in [9.17, 15) is 0 Å². The van der Waals surface area contributed by atoms with Gasteiger partial charge in [0.25, 0.3) is 0 Å². The van der Waals surface area contributed by atoms with Crippen molar-refractivity contribution in [3.8, 4) is 0 Å². The maximum Gasteiger partial charge on any atom is 0.369 e. The van der Waals surface area contributed by atoms with E-state index in [4.69, 9.17) is 11.9 Å². The van der Waals surface area contributed by atoms with Crippen LogP contribution in [0, 0.1) is 0 Å². The fraction of sp³-hybridized carbons (Fsp3) is 1.00. The fourth-order valence-electron chi connectivity index (χ4n) is 0.324. The molecule has 0 aromatic heterocycles. The van der Waals surface area contributed by atoms with E-state index in [-0.39, 0.29) is 0 Å². The molecule has 0 saturated heterocycles. The van der Waals surface area contributed by atoms with Crippen LogP contribution in [0.2, 0.25) is 0 Å². The summed E-state index contributed by atoms with van der Waals surface area (Å²) < 4.78 is 15.9. The van der Waals surface area contributed by atoms with Gasteiger partial charge in [0.15, 0.2) is 0 Å². The topological polar surface area (TPSA) is 27.7 Å². The Bertz CT molecular complexity index is 90.1. The predicted octanol–water partition coefficient (Wildman–Crippen LogP) is 4.27. The van der Waals surface area contributed by atoms with Gasteiger partial charge in [-0.25, -0.2) is 11.9 Å². The summed E-state index contributed by atoms with van der Waals surface area (Å²) in [5, 5.41) is 0. The summed E-state index contributed by atoms with van der Waals surface area (Å²) in [5.74, 6) is 2.71. The van der Waals surface area contributed by atoms with Crippen LogP contribution in [0.5, 0.6) is 0 Å². The summed E-state index contributed by atoms with van der Waals surface area (Å²) in [6.45, 7) is 6.08. The van der Waals surface area contributed by atoms with E-state index in [2.05, 4.69) is 0 Å². The quantitative estimate of drug-likeness (QED) is 0.455. The van der Waals surface area contributed by atoms with Crippen LogP contribution in [0.4, 0.5) is 0 Å². The van der Waals surface area contributed by atoms with Gasteiger partial charge in [-0.05, 0) is 0 Å². The molecular weight excluding hydrogens is 247 g/mol. The third-order valence-corrected chi connectivity index (χ3v) is 4.13. The zero-order valence-electron chi connectivity index (χ0n) is 8.02. The molecule has 0 N–H and O–H groups in total. The van der Waals surface area contributed by atoms with Gasteiger partial charge < -0.3 is 0 Å². The second-order valence-corrected chi connectivity index (χ2v) is 6.34. The molecule has 0 aromatic rings. The molecule has 0 radical (unpaired) electrons. The average Bonchev–Trinajstić information content (AvgIpc) is 2.17. The monoisotopic (exact) mass is 262 g/mol. The van der Waals surface area contributed by atoms with Gasteiger partial charge in [-0.2, -0.15) is 0 Å². The third kappa shape index (κ3) is 9.66. The summed E-state index contributed by atoms with van der Waals surface area (Å²) in [6, 6.07) is 0. The van der Waals surface area contributed by atoms with Crippen molar-refractivity contribution >= 4 is 44.7 Å². The zero-order chi connectivity index (χ0) is 9.94. The number of hydrogen-bond acceptors (Lipinski definition) is 6. The Balaban J connectivity index is 3.47. The van der Waals surface area contributed by atoms with Gasteiger partial charge in [0.2, 0.25) is 0 Å². The van der Waals surface area contributed by atoms with Crippen molar-refractivity contribution in [3.63, 3.8) is 0 Å². The largest absolute Gasteiger partial charge is 0.369 e. The first-order valence-electron chi connectivity index (χ1n) is 4.04. The van der Waals surface area contributed by atoms with Gasteiger partial charge >= 0.3 is 8.60 Å². The van der Waals surface area contributed by atoms with E-state index >= 15 is 0 Å². The molecule has 0 spiro atoms. The second-order valence-electron chi connectivity index (χ2n) is 1.67. The van der Waals surface area contributed by atoms with Crippen molar-refractivity contribution in [2.45, 2.75) is 20.8 Å². The Labute approximate surface area is 94.7 Å². The second kappa shape index (κ2) is 11.4. The molecule has 80 valence electrons. The highest BCUT2D eigenvalue weighted by Crippen LogP contribution is 2.49. The van der Waals surface area contributed by atoms with Crippen LogP contribution in [0.15, 0.2) is 0 Å². The van der Waals surface area contributed by atoms with Crippen LogP contribution in [0.1, 0.15) is 20.8 Å². The van der Waals surface area contributed by atoms with Crippen LogP contribution >= 0.6 is 44.7 Å². The molecule has 3 nitrogen and oxygen atoms in total. The molecule has 0 rings (SSSR count). The minimum Gasteiger partial charge on any atom is -0.239 e. The first kappa shape index (κ1) is 14.4.